The fourth-order valence-corrected chi connectivity index (χ4v) is 2.81. The maximum absolute atomic E-state index is 10.6. The van der Waals surface area contributed by atoms with Crippen molar-refractivity contribution in [2.24, 2.45) is 10.7 Å². The molecule has 1 aliphatic heterocycles. The highest BCUT2D eigenvalue weighted by Crippen LogP contribution is 2.31. The molecule has 3 rings (SSSR count). The number of hydrogen-bond donors (Lipinski definition) is 2. The molecule has 1 atom stereocenters. The summed E-state index contributed by atoms with van der Waals surface area (Å²) in [6, 6.07) is 14.5. The lowest BCUT2D eigenvalue weighted by Crippen LogP contribution is -2.37. The summed E-state index contributed by atoms with van der Waals surface area (Å²) in [5.41, 5.74) is 8.16. The summed E-state index contributed by atoms with van der Waals surface area (Å²) in [5.74, 6) is 1.27. The average molecular weight is 340 g/mol. The smallest absolute Gasteiger partial charge is 0.269 e. The Morgan fingerprint density at radius 2 is 2.04 bits per heavy atom. The van der Waals surface area contributed by atoms with E-state index in [4.69, 9.17) is 10.5 Å². The molecule has 2 aromatic rings. The Kier molecular flexibility index (Phi) is 5.13. The predicted molar refractivity (Wildman–Crippen MR) is 95.7 cm³/mol. The van der Waals surface area contributed by atoms with Crippen molar-refractivity contribution in [3.63, 3.8) is 0 Å². The average Bonchev–Trinajstić information content (AvgIpc) is 2.62. The molecule has 0 bridgehead atoms. The van der Waals surface area contributed by atoms with Gasteiger partial charge in [0.05, 0.1) is 17.6 Å². The zero-order valence-electron chi connectivity index (χ0n) is 13.7. The number of nitro benzene ring substituents is 1. The first kappa shape index (κ1) is 16.8. The van der Waals surface area contributed by atoms with Gasteiger partial charge in [-0.3, -0.25) is 15.1 Å². The van der Waals surface area contributed by atoms with Gasteiger partial charge in [-0.05, 0) is 18.1 Å². The second-order valence-electron chi connectivity index (χ2n) is 5.81. The van der Waals surface area contributed by atoms with Crippen LogP contribution in [0.2, 0.25) is 0 Å². The van der Waals surface area contributed by atoms with Crippen molar-refractivity contribution in [3.05, 3.63) is 69.8 Å². The third-order valence-corrected chi connectivity index (χ3v) is 4.11. The van der Waals surface area contributed by atoms with Gasteiger partial charge in [0.15, 0.2) is 5.96 Å². The molecule has 7 heteroatoms. The summed E-state index contributed by atoms with van der Waals surface area (Å²) in [4.78, 5) is 14.6. The molecule has 0 aromatic heterocycles. The van der Waals surface area contributed by atoms with E-state index in [1.165, 1.54) is 12.1 Å². The predicted octanol–water partition coefficient (Wildman–Crippen LogP) is 2.57. The minimum atomic E-state index is -0.407. The van der Waals surface area contributed by atoms with Gasteiger partial charge in [-0.25, -0.2) is 0 Å². The highest BCUT2D eigenvalue weighted by atomic mass is 16.6. The van der Waals surface area contributed by atoms with Crippen LogP contribution in [0.5, 0.6) is 5.75 Å². The topological polar surface area (TPSA) is 103 Å². The fraction of sp³-hybridized carbons (Fsp3) is 0.278. The lowest BCUT2D eigenvalue weighted by atomic mass is 10.0. The third-order valence-electron chi connectivity index (χ3n) is 4.11. The monoisotopic (exact) mass is 340 g/mol. The summed E-state index contributed by atoms with van der Waals surface area (Å²) in [6.07, 6.45) is 1.50. The lowest BCUT2D eigenvalue weighted by Gasteiger charge is -2.26. The summed E-state index contributed by atoms with van der Waals surface area (Å²) in [6.45, 7) is 1.16. The van der Waals surface area contributed by atoms with E-state index in [9.17, 15) is 10.1 Å². The Labute approximate surface area is 145 Å². The van der Waals surface area contributed by atoms with Crippen LogP contribution in [0.4, 0.5) is 5.69 Å². The molecule has 0 saturated carbocycles. The highest BCUT2D eigenvalue weighted by Gasteiger charge is 2.21. The number of para-hydroxylation sites is 1. The van der Waals surface area contributed by atoms with Gasteiger partial charge >= 0.3 is 0 Å². The van der Waals surface area contributed by atoms with Crippen molar-refractivity contribution in [2.45, 2.75) is 18.9 Å². The number of rotatable bonds is 5. The van der Waals surface area contributed by atoms with Crippen LogP contribution in [0.15, 0.2) is 53.5 Å². The van der Waals surface area contributed by atoms with Crippen LogP contribution < -0.4 is 15.8 Å². The molecule has 130 valence electrons. The van der Waals surface area contributed by atoms with Gasteiger partial charge in [0, 0.05) is 30.7 Å². The van der Waals surface area contributed by atoms with Crippen molar-refractivity contribution in [3.8, 4) is 5.75 Å². The number of benzene rings is 2. The van der Waals surface area contributed by atoms with Crippen LogP contribution in [0.3, 0.4) is 0 Å². The van der Waals surface area contributed by atoms with E-state index in [1.54, 1.807) is 12.1 Å². The minimum absolute atomic E-state index is 0.0895. The van der Waals surface area contributed by atoms with Crippen LogP contribution in [0.1, 0.15) is 23.6 Å². The number of hydrogen-bond acceptors (Lipinski definition) is 4. The third kappa shape index (κ3) is 4.26. The number of ether oxygens (including phenoxy) is 1. The van der Waals surface area contributed by atoms with E-state index in [2.05, 4.69) is 10.3 Å². The first-order valence-electron chi connectivity index (χ1n) is 8.15. The van der Waals surface area contributed by atoms with Crippen molar-refractivity contribution < 1.29 is 9.66 Å². The molecule has 0 spiro atoms. The number of non-ortho nitro benzene ring substituents is 1. The Morgan fingerprint density at radius 3 is 2.80 bits per heavy atom. The van der Waals surface area contributed by atoms with E-state index >= 15 is 0 Å². The normalized spacial score (nSPS) is 16.6. The number of nitrogens with one attached hydrogen (secondary N) is 1. The number of guanidine groups is 1. The molecule has 1 unspecified atom stereocenters. The zero-order valence-corrected chi connectivity index (χ0v) is 13.7. The van der Waals surface area contributed by atoms with Gasteiger partial charge in [0.25, 0.3) is 5.69 Å². The summed E-state index contributed by atoms with van der Waals surface area (Å²) < 4.78 is 5.63. The largest absolute Gasteiger partial charge is 0.493 e. The number of nitrogens with two attached hydrogens (primary N) is 1. The Bertz CT molecular complexity index is 774. The SMILES string of the molecule is NC(=NCCc1ccc([N+](=O)[O-])cc1)NC1CCOc2ccccc21. The van der Waals surface area contributed by atoms with E-state index in [1.807, 2.05) is 24.3 Å². The standard InChI is InChI=1S/C18H20N4O3/c19-18(20-11-9-13-5-7-14(8-6-13)22(23)24)21-16-10-12-25-17-4-2-1-3-15(16)17/h1-8,16H,9-12H2,(H3,19,20,21). The first-order chi connectivity index (χ1) is 12.1. The van der Waals surface area contributed by atoms with Gasteiger partial charge in [0.2, 0.25) is 0 Å². The molecule has 1 heterocycles. The maximum atomic E-state index is 10.6. The Hall–Kier alpha value is -3.09. The number of fused-ring (bicyclic) bond motifs is 1. The number of aliphatic imine (C=N–C) groups is 1. The van der Waals surface area contributed by atoms with Gasteiger partial charge in [-0.1, -0.05) is 30.3 Å². The van der Waals surface area contributed by atoms with Crippen LogP contribution >= 0.6 is 0 Å². The Balaban J connectivity index is 1.55. The lowest BCUT2D eigenvalue weighted by molar-refractivity contribution is -0.384. The molecular formula is C18H20N4O3. The highest BCUT2D eigenvalue weighted by molar-refractivity contribution is 5.78. The minimum Gasteiger partial charge on any atom is -0.493 e. The summed E-state index contributed by atoms with van der Waals surface area (Å²) in [5, 5.41) is 13.9. The molecular weight excluding hydrogens is 320 g/mol. The van der Waals surface area contributed by atoms with Crippen molar-refractivity contribution in [2.75, 3.05) is 13.2 Å². The van der Waals surface area contributed by atoms with Crippen LogP contribution in [0, 0.1) is 10.1 Å². The van der Waals surface area contributed by atoms with Crippen molar-refractivity contribution >= 4 is 11.6 Å². The molecule has 0 fully saturated rings. The zero-order chi connectivity index (χ0) is 17.6. The van der Waals surface area contributed by atoms with Crippen molar-refractivity contribution in [1.82, 2.24) is 5.32 Å². The quantitative estimate of drug-likeness (QED) is 0.377. The molecule has 0 saturated heterocycles. The van der Waals surface area contributed by atoms with Gasteiger partial charge in [0.1, 0.15) is 5.75 Å². The summed E-state index contributed by atoms with van der Waals surface area (Å²) >= 11 is 0. The van der Waals surface area contributed by atoms with E-state index in [-0.39, 0.29) is 11.7 Å². The van der Waals surface area contributed by atoms with Gasteiger partial charge < -0.3 is 15.8 Å². The van der Waals surface area contributed by atoms with Crippen LogP contribution in [-0.4, -0.2) is 24.0 Å². The van der Waals surface area contributed by atoms with Gasteiger partial charge in [-0.2, -0.15) is 0 Å². The molecule has 7 nitrogen and oxygen atoms in total. The molecule has 3 N–H and O–H groups in total. The molecule has 1 aliphatic rings. The maximum Gasteiger partial charge on any atom is 0.269 e. The van der Waals surface area contributed by atoms with E-state index < -0.39 is 4.92 Å². The number of nitro groups is 1. The van der Waals surface area contributed by atoms with Gasteiger partial charge in [-0.15, -0.1) is 0 Å². The van der Waals surface area contributed by atoms with E-state index in [0.717, 1.165) is 23.3 Å². The first-order valence-corrected chi connectivity index (χ1v) is 8.15. The molecule has 25 heavy (non-hydrogen) atoms. The molecule has 0 aliphatic carbocycles. The molecule has 2 aromatic carbocycles. The van der Waals surface area contributed by atoms with Crippen LogP contribution in [0.25, 0.3) is 0 Å². The van der Waals surface area contributed by atoms with Crippen LogP contribution in [-0.2, 0) is 6.42 Å². The second-order valence-corrected chi connectivity index (χ2v) is 5.81. The number of nitrogens with zero attached hydrogens (tertiary/aromatic N) is 2. The summed E-state index contributed by atoms with van der Waals surface area (Å²) in [7, 11) is 0. The fourth-order valence-electron chi connectivity index (χ4n) is 2.81. The van der Waals surface area contributed by atoms with Crippen molar-refractivity contribution in [1.29, 1.82) is 0 Å². The molecule has 0 amide bonds. The second kappa shape index (κ2) is 7.65. The van der Waals surface area contributed by atoms with E-state index in [0.29, 0.717) is 25.5 Å². The molecule has 0 radical (unpaired) electrons. The Morgan fingerprint density at radius 1 is 1.28 bits per heavy atom.